The molecule has 2 heterocycles. The van der Waals surface area contributed by atoms with Gasteiger partial charge in [0.15, 0.2) is 0 Å². The van der Waals surface area contributed by atoms with Gasteiger partial charge in [-0.1, -0.05) is 30.3 Å². The van der Waals surface area contributed by atoms with Crippen molar-refractivity contribution >= 4 is 29.2 Å². The zero-order valence-corrected chi connectivity index (χ0v) is 21.6. The Hall–Kier alpha value is -4.98. The summed E-state index contributed by atoms with van der Waals surface area (Å²) in [5, 5.41) is 17.7. The number of anilines is 2. The van der Waals surface area contributed by atoms with Crippen LogP contribution in [0.1, 0.15) is 44.3 Å². The van der Waals surface area contributed by atoms with Gasteiger partial charge in [-0.3, -0.25) is 15.1 Å². The summed E-state index contributed by atoms with van der Waals surface area (Å²) in [7, 11) is 0. The molecule has 196 valence electrons. The maximum Gasteiger partial charge on any atom is 0.336 e. The van der Waals surface area contributed by atoms with E-state index in [9.17, 15) is 14.7 Å². The average molecular weight is 520 g/mol. The Balaban J connectivity index is 1.57. The monoisotopic (exact) mass is 519 g/mol. The van der Waals surface area contributed by atoms with Crippen LogP contribution in [0.2, 0.25) is 0 Å². The highest BCUT2D eigenvalue weighted by molar-refractivity contribution is 6.07. The molecule has 0 saturated heterocycles. The number of carbonyl (C=O) groups is 2. The van der Waals surface area contributed by atoms with E-state index in [0.717, 1.165) is 29.8 Å². The predicted octanol–water partition coefficient (Wildman–Crippen LogP) is 4.96. The molecule has 0 unspecified atom stereocenters. The molecule has 4 aromatic rings. The van der Waals surface area contributed by atoms with E-state index in [2.05, 4.69) is 9.88 Å². The first-order chi connectivity index (χ1) is 18.9. The lowest BCUT2D eigenvalue weighted by Gasteiger charge is -2.24. The van der Waals surface area contributed by atoms with Crippen LogP contribution in [0.5, 0.6) is 0 Å². The molecule has 0 spiro atoms. The second-order valence-corrected chi connectivity index (χ2v) is 9.39. The SMILES string of the molecule is CCN(C(=O)c1ccc(CN2CCc3cc(C(=N)N)ccc32)c(-c2ccccc2C(=O)O)c1)c1ccccn1. The Kier molecular flexibility index (Phi) is 7.10. The number of nitrogen functional groups attached to an aromatic ring is 1. The number of carbonyl (C=O) groups excluding carboxylic acids is 1. The third-order valence-electron chi connectivity index (χ3n) is 7.04. The molecule has 0 bridgehead atoms. The molecule has 4 N–H and O–H groups in total. The number of amides is 1. The molecule has 0 fully saturated rings. The summed E-state index contributed by atoms with van der Waals surface area (Å²) in [4.78, 5) is 33.9. The van der Waals surface area contributed by atoms with Gasteiger partial charge < -0.3 is 15.7 Å². The summed E-state index contributed by atoms with van der Waals surface area (Å²) in [5.74, 6) is -0.642. The van der Waals surface area contributed by atoms with Gasteiger partial charge in [0.2, 0.25) is 0 Å². The van der Waals surface area contributed by atoms with Crippen molar-refractivity contribution in [2.75, 3.05) is 22.9 Å². The number of nitrogens with two attached hydrogens (primary N) is 1. The molecule has 1 aliphatic rings. The number of nitrogens with one attached hydrogen (secondary N) is 1. The number of aromatic nitrogens is 1. The average Bonchev–Trinajstić information content (AvgIpc) is 3.36. The van der Waals surface area contributed by atoms with Gasteiger partial charge in [-0.15, -0.1) is 0 Å². The topological polar surface area (TPSA) is 124 Å². The minimum absolute atomic E-state index is 0.0379. The second kappa shape index (κ2) is 10.8. The van der Waals surface area contributed by atoms with Crippen LogP contribution in [0.3, 0.4) is 0 Å². The summed E-state index contributed by atoms with van der Waals surface area (Å²) in [6, 6.07) is 23.6. The molecule has 0 aliphatic carbocycles. The molecule has 8 nitrogen and oxygen atoms in total. The number of hydrogen-bond acceptors (Lipinski definition) is 5. The molecule has 1 amide bonds. The van der Waals surface area contributed by atoms with Crippen molar-refractivity contribution in [1.82, 2.24) is 4.98 Å². The number of carboxylic acids is 1. The van der Waals surface area contributed by atoms with E-state index in [1.54, 1.807) is 59.6 Å². The number of amidine groups is 1. The maximum atomic E-state index is 13.6. The number of carboxylic acid groups (broad SMARTS) is 1. The molecule has 1 aromatic heterocycles. The number of fused-ring (bicyclic) bond motifs is 1. The zero-order valence-electron chi connectivity index (χ0n) is 21.6. The van der Waals surface area contributed by atoms with Crippen molar-refractivity contribution in [3.63, 3.8) is 0 Å². The van der Waals surface area contributed by atoms with Gasteiger partial charge in [-0.05, 0) is 84.1 Å². The lowest BCUT2D eigenvalue weighted by molar-refractivity contribution is 0.0697. The number of benzene rings is 3. The summed E-state index contributed by atoms with van der Waals surface area (Å²) >= 11 is 0. The third kappa shape index (κ3) is 5.09. The Morgan fingerprint density at radius 1 is 1.00 bits per heavy atom. The lowest BCUT2D eigenvalue weighted by Crippen LogP contribution is -2.31. The molecule has 39 heavy (non-hydrogen) atoms. The first-order valence-electron chi connectivity index (χ1n) is 12.8. The quantitative estimate of drug-likeness (QED) is 0.223. The molecule has 5 rings (SSSR count). The van der Waals surface area contributed by atoms with Crippen LogP contribution in [0, 0.1) is 5.41 Å². The highest BCUT2D eigenvalue weighted by Crippen LogP contribution is 2.34. The van der Waals surface area contributed by atoms with Crippen molar-refractivity contribution in [3.8, 4) is 11.1 Å². The van der Waals surface area contributed by atoms with Gasteiger partial charge in [0.05, 0.1) is 5.56 Å². The highest BCUT2D eigenvalue weighted by Gasteiger charge is 2.24. The van der Waals surface area contributed by atoms with E-state index < -0.39 is 5.97 Å². The van der Waals surface area contributed by atoms with Crippen LogP contribution in [0.4, 0.5) is 11.5 Å². The Labute approximate surface area is 226 Å². The Morgan fingerprint density at radius 3 is 2.49 bits per heavy atom. The zero-order chi connectivity index (χ0) is 27.5. The predicted molar refractivity (Wildman–Crippen MR) is 153 cm³/mol. The van der Waals surface area contributed by atoms with E-state index in [4.69, 9.17) is 11.1 Å². The van der Waals surface area contributed by atoms with E-state index in [-0.39, 0.29) is 17.3 Å². The molecule has 1 aliphatic heterocycles. The van der Waals surface area contributed by atoms with Gasteiger partial charge in [-0.25, -0.2) is 9.78 Å². The summed E-state index contributed by atoms with van der Waals surface area (Å²) in [6.45, 7) is 3.64. The van der Waals surface area contributed by atoms with E-state index >= 15 is 0 Å². The van der Waals surface area contributed by atoms with Gasteiger partial charge in [0.1, 0.15) is 11.7 Å². The molecule has 3 aromatic carbocycles. The Bertz CT molecular complexity index is 1570. The van der Waals surface area contributed by atoms with Gasteiger partial charge >= 0.3 is 5.97 Å². The van der Waals surface area contributed by atoms with Crippen LogP contribution in [0.25, 0.3) is 11.1 Å². The summed E-state index contributed by atoms with van der Waals surface area (Å²) < 4.78 is 0. The normalized spacial score (nSPS) is 12.2. The summed E-state index contributed by atoms with van der Waals surface area (Å²) in [6.07, 6.45) is 2.47. The van der Waals surface area contributed by atoms with Crippen LogP contribution in [-0.2, 0) is 13.0 Å². The number of nitrogens with zero attached hydrogens (tertiary/aromatic N) is 3. The van der Waals surface area contributed by atoms with Crippen molar-refractivity contribution in [2.24, 2.45) is 5.73 Å². The molecule has 8 heteroatoms. The number of aromatic carboxylic acids is 1. The van der Waals surface area contributed by atoms with Gasteiger partial charge in [0, 0.05) is 42.6 Å². The van der Waals surface area contributed by atoms with Crippen LogP contribution in [-0.4, -0.2) is 40.9 Å². The highest BCUT2D eigenvalue weighted by atomic mass is 16.4. The van der Waals surface area contributed by atoms with E-state index in [0.29, 0.717) is 41.2 Å². The first-order valence-corrected chi connectivity index (χ1v) is 12.8. The molecular formula is C31H29N5O3. The van der Waals surface area contributed by atoms with Crippen LogP contribution < -0.4 is 15.5 Å². The number of pyridine rings is 1. The standard InChI is InChI=1S/C31H29N5O3/c1-2-36(28-9-5-6-15-34-28)30(37)22-10-11-23(26(18-22)24-7-3-4-8-25(24)31(38)39)19-35-16-14-20-17-21(29(32)33)12-13-27(20)35/h3-13,15,17-18H,2,14,16,19H2,1H3,(H3,32,33)(H,38,39). The second-order valence-electron chi connectivity index (χ2n) is 9.39. The van der Waals surface area contributed by atoms with E-state index in [1.165, 1.54) is 0 Å². The van der Waals surface area contributed by atoms with Crippen molar-refractivity contribution in [2.45, 2.75) is 19.9 Å². The fraction of sp³-hybridized carbons (Fsp3) is 0.161. The van der Waals surface area contributed by atoms with Crippen LogP contribution in [0.15, 0.2) is 85.1 Å². The first kappa shape index (κ1) is 25.7. The third-order valence-corrected chi connectivity index (χ3v) is 7.04. The smallest absolute Gasteiger partial charge is 0.336 e. The maximum absolute atomic E-state index is 13.6. The molecule has 0 atom stereocenters. The number of hydrogen-bond donors (Lipinski definition) is 3. The number of rotatable bonds is 8. The lowest BCUT2D eigenvalue weighted by atomic mass is 9.93. The van der Waals surface area contributed by atoms with E-state index in [1.807, 2.05) is 37.3 Å². The largest absolute Gasteiger partial charge is 0.478 e. The van der Waals surface area contributed by atoms with Gasteiger partial charge in [-0.2, -0.15) is 0 Å². The molecule has 0 saturated carbocycles. The minimum Gasteiger partial charge on any atom is -0.478 e. The van der Waals surface area contributed by atoms with Crippen molar-refractivity contribution in [1.29, 1.82) is 5.41 Å². The van der Waals surface area contributed by atoms with Crippen molar-refractivity contribution in [3.05, 3.63) is 113 Å². The Morgan fingerprint density at radius 2 is 1.77 bits per heavy atom. The fourth-order valence-corrected chi connectivity index (χ4v) is 5.09. The fourth-order valence-electron chi connectivity index (χ4n) is 5.09. The van der Waals surface area contributed by atoms with Gasteiger partial charge in [0.25, 0.3) is 5.91 Å². The van der Waals surface area contributed by atoms with Crippen LogP contribution >= 0.6 is 0 Å². The minimum atomic E-state index is -1.03. The van der Waals surface area contributed by atoms with Crippen molar-refractivity contribution < 1.29 is 14.7 Å². The molecular weight excluding hydrogens is 490 g/mol. The molecule has 0 radical (unpaired) electrons. The summed E-state index contributed by atoms with van der Waals surface area (Å²) in [5.41, 5.74) is 11.4.